The molecule has 0 unspecified atom stereocenters. The maximum Gasteiger partial charge on any atom is 1.00 e. The summed E-state index contributed by atoms with van der Waals surface area (Å²) in [4.78, 5) is 9.33. The van der Waals surface area contributed by atoms with E-state index in [-0.39, 0.29) is 29.6 Å². The Morgan fingerprint density at radius 1 is 1.86 bits per heavy atom. The van der Waals surface area contributed by atoms with E-state index >= 15 is 0 Å². The van der Waals surface area contributed by atoms with Crippen LogP contribution in [0.3, 0.4) is 0 Å². The molecule has 0 spiro atoms. The maximum atomic E-state index is 9.33. The molecule has 0 aliphatic rings. The van der Waals surface area contributed by atoms with Gasteiger partial charge < -0.3 is 9.90 Å². The standard InChI is InChI=1S/C4H4O2.Na/c1-2-3-4(5)6;/h3H,1H2,(H,5,6);/q;+1/p-1. The minimum absolute atomic E-state index is 0. The molecular formula is C4H3NaO2. The van der Waals surface area contributed by atoms with Gasteiger partial charge in [0.1, 0.15) is 0 Å². The molecule has 7 heavy (non-hydrogen) atoms. The van der Waals surface area contributed by atoms with Gasteiger partial charge in [-0.15, -0.1) is 5.73 Å². The third kappa shape index (κ3) is 10.7. The second-order valence-electron chi connectivity index (χ2n) is 0.667. The fourth-order valence-electron chi connectivity index (χ4n) is 0.0833. The quantitative estimate of drug-likeness (QED) is 0.195. The second-order valence-corrected chi connectivity index (χ2v) is 0.667. The van der Waals surface area contributed by atoms with Crippen molar-refractivity contribution in [2.45, 2.75) is 0 Å². The van der Waals surface area contributed by atoms with Crippen molar-refractivity contribution in [1.29, 1.82) is 0 Å². The van der Waals surface area contributed by atoms with Gasteiger partial charge in [0.15, 0.2) is 0 Å². The molecule has 0 amide bonds. The Morgan fingerprint density at radius 3 is 2.29 bits per heavy atom. The van der Waals surface area contributed by atoms with Crippen LogP contribution in [-0.4, -0.2) is 5.97 Å². The van der Waals surface area contributed by atoms with Gasteiger partial charge in [-0.05, 0) is 0 Å². The number of carboxylic acids is 1. The maximum absolute atomic E-state index is 9.33. The number of carbonyl (C=O) groups excluding carboxylic acids is 1. The van der Waals surface area contributed by atoms with Crippen LogP contribution >= 0.6 is 0 Å². The Morgan fingerprint density at radius 2 is 2.29 bits per heavy atom. The molecule has 0 aromatic carbocycles. The molecule has 0 heterocycles. The van der Waals surface area contributed by atoms with Gasteiger partial charge in [0.25, 0.3) is 0 Å². The molecule has 0 radical (unpaired) electrons. The zero-order valence-electron chi connectivity index (χ0n) is 4.10. The number of aliphatic carboxylic acids is 1. The van der Waals surface area contributed by atoms with Crippen molar-refractivity contribution in [2.75, 3.05) is 0 Å². The first-order chi connectivity index (χ1) is 2.77. The van der Waals surface area contributed by atoms with Crippen LogP contribution in [0.15, 0.2) is 18.4 Å². The van der Waals surface area contributed by atoms with Crippen LogP contribution < -0.4 is 34.7 Å². The fourth-order valence-corrected chi connectivity index (χ4v) is 0.0833. The van der Waals surface area contributed by atoms with E-state index in [2.05, 4.69) is 6.58 Å². The molecule has 0 N–H and O–H groups in total. The Kier molecular flexibility index (Phi) is 8.62. The average Bonchev–Trinajstić information content (AvgIpc) is 1.35. The third-order valence-corrected chi connectivity index (χ3v) is 0.220. The number of hydrogen-bond donors (Lipinski definition) is 0. The monoisotopic (exact) mass is 106 g/mol. The van der Waals surface area contributed by atoms with Crippen molar-refractivity contribution in [3.8, 4) is 0 Å². The number of rotatable bonds is 1. The fraction of sp³-hybridized carbons (Fsp3) is 0. The van der Waals surface area contributed by atoms with Gasteiger partial charge >= 0.3 is 29.6 Å². The van der Waals surface area contributed by atoms with Crippen LogP contribution in [0, 0.1) is 0 Å². The second kappa shape index (κ2) is 5.99. The van der Waals surface area contributed by atoms with E-state index in [0.717, 1.165) is 6.08 Å². The average molecular weight is 106 g/mol. The van der Waals surface area contributed by atoms with Gasteiger partial charge in [-0.1, -0.05) is 6.58 Å². The van der Waals surface area contributed by atoms with Crippen molar-refractivity contribution in [1.82, 2.24) is 0 Å². The van der Waals surface area contributed by atoms with Crippen LogP contribution in [-0.2, 0) is 4.79 Å². The molecule has 0 aromatic rings. The Balaban J connectivity index is 0. The number of carboxylic acid groups (broad SMARTS) is 1. The van der Waals surface area contributed by atoms with Gasteiger partial charge in [-0.2, -0.15) is 0 Å². The van der Waals surface area contributed by atoms with E-state index in [4.69, 9.17) is 0 Å². The van der Waals surface area contributed by atoms with E-state index in [1.54, 1.807) is 0 Å². The number of hydrogen-bond acceptors (Lipinski definition) is 2. The molecule has 0 aliphatic carbocycles. The molecule has 0 bridgehead atoms. The number of carbonyl (C=O) groups is 1. The summed E-state index contributed by atoms with van der Waals surface area (Å²) in [6.45, 7) is 3.00. The van der Waals surface area contributed by atoms with Crippen molar-refractivity contribution >= 4 is 5.97 Å². The molecule has 0 rings (SSSR count). The summed E-state index contributed by atoms with van der Waals surface area (Å²) in [5, 5.41) is 9.33. The first-order valence-electron chi connectivity index (χ1n) is 1.34. The summed E-state index contributed by atoms with van der Waals surface area (Å²) in [5.74, 6) is -1.26. The Labute approximate surface area is 63.8 Å². The molecule has 0 aliphatic heterocycles. The van der Waals surface area contributed by atoms with Crippen molar-refractivity contribution in [3.63, 3.8) is 0 Å². The Bertz CT molecular complexity index is 102. The molecule has 0 fully saturated rings. The van der Waals surface area contributed by atoms with Gasteiger partial charge in [-0.3, -0.25) is 0 Å². The summed E-state index contributed by atoms with van der Waals surface area (Å²) in [7, 11) is 0. The summed E-state index contributed by atoms with van der Waals surface area (Å²) in [6.07, 6.45) is 0.736. The van der Waals surface area contributed by atoms with Crippen LogP contribution in [0.2, 0.25) is 0 Å². The summed E-state index contributed by atoms with van der Waals surface area (Å²) in [6, 6.07) is 0. The van der Waals surface area contributed by atoms with Crippen molar-refractivity contribution < 1.29 is 39.5 Å². The van der Waals surface area contributed by atoms with E-state index in [0.29, 0.717) is 0 Å². The third-order valence-electron chi connectivity index (χ3n) is 0.220. The molecule has 32 valence electrons. The van der Waals surface area contributed by atoms with Gasteiger partial charge in [0.2, 0.25) is 0 Å². The normalized spacial score (nSPS) is 5.14. The molecular weight excluding hydrogens is 103 g/mol. The predicted molar refractivity (Wildman–Crippen MR) is 18.7 cm³/mol. The Hall–Kier alpha value is -0.0100. The van der Waals surface area contributed by atoms with Gasteiger partial charge in [0.05, 0.1) is 5.97 Å². The summed E-state index contributed by atoms with van der Waals surface area (Å²) < 4.78 is 0. The van der Waals surface area contributed by atoms with E-state index < -0.39 is 5.97 Å². The van der Waals surface area contributed by atoms with Crippen molar-refractivity contribution in [2.24, 2.45) is 0 Å². The van der Waals surface area contributed by atoms with Crippen LogP contribution in [0.4, 0.5) is 0 Å². The molecule has 0 saturated carbocycles. The zero-order valence-corrected chi connectivity index (χ0v) is 6.10. The molecule has 0 atom stereocenters. The minimum atomic E-state index is -1.26. The SMILES string of the molecule is C=C=CC(=O)[O-].[Na+]. The molecule has 2 nitrogen and oxygen atoms in total. The van der Waals surface area contributed by atoms with E-state index in [1.807, 2.05) is 5.73 Å². The molecule has 3 heteroatoms. The summed E-state index contributed by atoms with van der Waals surface area (Å²) in [5.41, 5.74) is 2.03. The van der Waals surface area contributed by atoms with Crippen LogP contribution in [0.5, 0.6) is 0 Å². The largest absolute Gasteiger partial charge is 1.00 e. The van der Waals surface area contributed by atoms with Crippen LogP contribution in [0.1, 0.15) is 0 Å². The summed E-state index contributed by atoms with van der Waals surface area (Å²) >= 11 is 0. The topological polar surface area (TPSA) is 40.1 Å². The predicted octanol–water partition coefficient (Wildman–Crippen LogP) is -3.92. The zero-order chi connectivity index (χ0) is 4.99. The van der Waals surface area contributed by atoms with E-state index in [1.165, 1.54) is 0 Å². The first kappa shape index (κ1) is 10.1. The smallest absolute Gasteiger partial charge is 0.545 e. The molecule has 0 aromatic heterocycles. The molecule has 0 saturated heterocycles. The van der Waals surface area contributed by atoms with E-state index in [9.17, 15) is 9.90 Å². The van der Waals surface area contributed by atoms with Crippen LogP contribution in [0.25, 0.3) is 0 Å². The first-order valence-corrected chi connectivity index (χ1v) is 1.34. The van der Waals surface area contributed by atoms with Crippen molar-refractivity contribution in [3.05, 3.63) is 18.4 Å². The van der Waals surface area contributed by atoms with Gasteiger partial charge in [-0.25, -0.2) is 0 Å². The minimum Gasteiger partial charge on any atom is -0.545 e. The van der Waals surface area contributed by atoms with Gasteiger partial charge in [0, 0.05) is 6.08 Å².